The summed E-state index contributed by atoms with van der Waals surface area (Å²) >= 11 is 0. The van der Waals surface area contributed by atoms with Gasteiger partial charge in [-0.15, -0.1) is 0 Å². The van der Waals surface area contributed by atoms with Crippen molar-refractivity contribution in [2.24, 2.45) is 11.6 Å². The number of hydrogen-bond acceptors (Lipinski definition) is 6. The van der Waals surface area contributed by atoms with Crippen molar-refractivity contribution in [3.05, 3.63) is 12.0 Å². The van der Waals surface area contributed by atoms with Gasteiger partial charge in [0.1, 0.15) is 6.04 Å². The van der Waals surface area contributed by atoms with Crippen LogP contribution >= 0.6 is 0 Å². The van der Waals surface area contributed by atoms with Gasteiger partial charge in [0.15, 0.2) is 11.6 Å². The van der Waals surface area contributed by atoms with Crippen molar-refractivity contribution < 1.29 is 9.18 Å². The van der Waals surface area contributed by atoms with Gasteiger partial charge in [-0.2, -0.15) is 4.98 Å². The molecule has 1 amide bonds. The van der Waals surface area contributed by atoms with Crippen LogP contribution in [0.5, 0.6) is 0 Å². The maximum atomic E-state index is 13.7. The van der Waals surface area contributed by atoms with Crippen LogP contribution in [0.1, 0.15) is 19.3 Å². The van der Waals surface area contributed by atoms with Gasteiger partial charge in [-0.05, 0) is 19.3 Å². The monoisotopic (exact) mass is 254 g/mol. The van der Waals surface area contributed by atoms with E-state index < -0.39 is 17.8 Å². The zero-order valence-corrected chi connectivity index (χ0v) is 9.77. The van der Waals surface area contributed by atoms with Crippen LogP contribution in [0.25, 0.3) is 0 Å². The van der Waals surface area contributed by atoms with Crippen LogP contribution in [-0.2, 0) is 4.79 Å². The van der Waals surface area contributed by atoms with Crippen molar-refractivity contribution in [3.63, 3.8) is 0 Å². The van der Waals surface area contributed by atoms with E-state index in [0.29, 0.717) is 13.0 Å². The quantitative estimate of drug-likeness (QED) is 0.506. The van der Waals surface area contributed by atoms with Crippen LogP contribution in [0, 0.1) is 5.82 Å². The van der Waals surface area contributed by atoms with Crippen LogP contribution in [0.4, 0.5) is 16.2 Å². The van der Waals surface area contributed by atoms with Crippen molar-refractivity contribution in [1.29, 1.82) is 0 Å². The SMILES string of the molecule is NNc1ncc(F)c(N2CCCCC2C(N)=O)n1. The topological polar surface area (TPSA) is 110 Å². The molecule has 7 nitrogen and oxygen atoms in total. The summed E-state index contributed by atoms with van der Waals surface area (Å²) in [6, 6.07) is -0.534. The van der Waals surface area contributed by atoms with E-state index in [0.717, 1.165) is 19.0 Å². The van der Waals surface area contributed by atoms with Gasteiger partial charge in [0.25, 0.3) is 0 Å². The van der Waals surface area contributed by atoms with E-state index in [1.807, 2.05) is 0 Å². The van der Waals surface area contributed by atoms with Gasteiger partial charge >= 0.3 is 0 Å². The molecule has 1 atom stereocenters. The van der Waals surface area contributed by atoms with Crippen molar-refractivity contribution in [3.8, 4) is 0 Å². The third kappa shape index (κ3) is 2.33. The molecule has 1 aliphatic heterocycles. The number of rotatable bonds is 3. The molecule has 98 valence electrons. The second kappa shape index (κ2) is 5.13. The van der Waals surface area contributed by atoms with Gasteiger partial charge in [0, 0.05) is 6.54 Å². The normalized spacial score (nSPS) is 19.7. The Morgan fingerprint density at radius 2 is 2.33 bits per heavy atom. The molecule has 1 unspecified atom stereocenters. The number of carbonyl (C=O) groups is 1. The van der Waals surface area contributed by atoms with E-state index in [9.17, 15) is 9.18 Å². The summed E-state index contributed by atoms with van der Waals surface area (Å²) in [5.41, 5.74) is 7.57. The predicted molar refractivity (Wildman–Crippen MR) is 64.0 cm³/mol. The molecule has 0 aliphatic carbocycles. The molecule has 0 spiro atoms. The number of nitrogens with zero attached hydrogens (tertiary/aromatic N) is 3. The van der Waals surface area contributed by atoms with E-state index >= 15 is 0 Å². The van der Waals surface area contributed by atoms with E-state index in [2.05, 4.69) is 15.4 Å². The maximum Gasteiger partial charge on any atom is 0.240 e. The lowest BCUT2D eigenvalue weighted by atomic mass is 10.0. The van der Waals surface area contributed by atoms with Gasteiger partial charge in [-0.1, -0.05) is 0 Å². The summed E-state index contributed by atoms with van der Waals surface area (Å²) in [6.07, 6.45) is 3.37. The standard InChI is InChI=1S/C10H15FN6O/c11-6-5-14-10(16-13)15-9(6)17-4-2-1-3-7(17)8(12)18/h5,7H,1-4,13H2,(H2,12,18)(H,14,15,16). The Labute approximate surface area is 103 Å². The molecule has 1 fully saturated rings. The van der Waals surface area contributed by atoms with Crippen molar-refractivity contribution in [2.75, 3.05) is 16.9 Å². The first-order valence-electron chi connectivity index (χ1n) is 5.68. The number of halogens is 1. The molecule has 5 N–H and O–H groups in total. The Bertz CT molecular complexity index is 454. The first kappa shape index (κ1) is 12.5. The summed E-state index contributed by atoms with van der Waals surface area (Å²) in [5.74, 6) is 4.27. The number of carbonyl (C=O) groups excluding carboxylic acids is 1. The number of piperidine rings is 1. The number of nitrogens with two attached hydrogens (primary N) is 2. The average Bonchev–Trinajstić information content (AvgIpc) is 2.39. The van der Waals surface area contributed by atoms with E-state index in [1.54, 1.807) is 4.90 Å². The molecule has 1 saturated heterocycles. The Kier molecular flexibility index (Phi) is 3.56. The second-order valence-corrected chi connectivity index (χ2v) is 4.12. The van der Waals surface area contributed by atoms with Gasteiger partial charge in [0.2, 0.25) is 11.9 Å². The van der Waals surface area contributed by atoms with Crippen LogP contribution in [-0.4, -0.2) is 28.5 Å². The summed E-state index contributed by atoms with van der Waals surface area (Å²) in [4.78, 5) is 20.6. The number of primary amides is 1. The second-order valence-electron chi connectivity index (χ2n) is 4.12. The highest BCUT2D eigenvalue weighted by molar-refractivity contribution is 5.83. The first-order valence-corrected chi connectivity index (χ1v) is 5.68. The summed E-state index contributed by atoms with van der Waals surface area (Å²) < 4.78 is 13.7. The number of anilines is 2. The lowest BCUT2D eigenvalue weighted by molar-refractivity contribution is -0.119. The molecule has 2 rings (SSSR count). The number of nitrogens with one attached hydrogen (secondary N) is 1. The number of nitrogen functional groups attached to an aromatic ring is 1. The smallest absolute Gasteiger partial charge is 0.240 e. The Balaban J connectivity index is 2.35. The van der Waals surface area contributed by atoms with Gasteiger partial charge in [0.05, 0.1) is 6.20 Å². The van der Waals surface area contributed by atoms with Gasteiger partial charge in [-0.25, -0.2) is 15.2 Å². The minimum Gasteiger partial charge on any atom is -0.368 e. The number of amides is 1. The van der Waals surface area contributed by atoms with Crippen molar-refractivity contribution in [1.82, 2.24) is 9.97 Å². The molecule has 1 aliphatic rings. The molecule has 0 aromatic carbocycles. The highest BCUT2D eigenvalue weighted by Crippen LogP contribution is 2.25. The Morgan fingerprint density at radius 1 is 1.56 bits per heavy atom. The maximum absolute atomic E-state index is 13.7. The molecule has 8 heteroatoms. The molecule has 0 bridgehead atoms. The van der Waals surface area contributed by atoms with Crippen molar-refractivity contribution >= 4 is 17.7 Å². The minimum atomic E-state index is -0.595. The minimum absolute atomic E-state index is 0.0569. The van der Waals surface area contributed by atoms with E-state index in [1.165, 1.54) is 0 Å². The van der Waals surface area contributed by atoms with E-state index in [4.69, 9.17) is 11.6 Å². The fourth-order valence-electron chi connectivity index (χ4n) is 2.11. The zero-order valence-electron chi connectivity index (χ0n) is 9.77. The largest absolute Gasteiger partial charge is 0.368 e. The molecule has 0 radical (unpaired) electrons. The lowest BCUT2D eigenvalue weighted by Crippen LogP contribution is -2.48. The highest BCUT2D eigenvalue weighted by Gasteiger charge is 2.30. The molecule has 0 saturated carbocycles. The van der Waals surface area contributed by atoms with Gasteiger partial charge < -0.3 is 10.6 Å². The summed E-state index contributed by atoms with van der Waals surface area (Å²) in [6.45, 7) is 0.533. The Hall–Kier alpha value is -1.96. The van der Waals surface area contributed by atoms with Crippen LogP contribution in [0.3, 0.4) is 0 Å². The molecular formula is C10H15FN6O. The van der Waals surface area contributed by atoms with E-state index in [-0.39, 0.29) is 11.8 Å². The summed E-state index contributed by atoms with van der Waals surface area (Å²) in [5, 5.41) is 0. The number of hydrogen-bond donors (Lipinski definition) is 3. The lowest BCUT2D eigenvalue weighted by Gasteiger charge is -2.34. The highest BCUT2D eigenvalue weighted by atomic mass is 19.1. The van der Waals surface area contributed by atoms with Crippen LogP contribution in [0.15, 0.2) is 6.20 Å². The first-order chi connectivity index (χ1) is 8.63. The molecule has 2 heterocycles. The summed E-state index contributed by atoms with van der Waals surface area (Å²) in [7, 11) is 0. The fourth-order valence-corrected chi connectivity index (χ4v) is 2.11. The third-order valence-electron chi connectivity index (χ3n) is 2.96. The van der Waals surface area contributed by atoms with Crippen LogP contribution < -0.4 is 21.9 Å². The number of aromatic nitrogens is 2. The van der Waals surface area contributed by atoms with Crippen molar-refractivity contribution in [2.45, 2.75) is 25.3 Å². The zero-order chi connectivity index (χ0) is 13.1. The molecular weight excluding hydrogens is 239 g/mol. The average molecular weight is 254 g/mol. The van der Waals surface area contributed by atoms with Crippen LogP contribution in [0.2, 0.25) is 0 Å². The molecule has 1 aromatic heterocycles. The fraction of sp³-hybridized carbons (Fsp3) is 0.500. The van der Waals surface area contributed by atoms with Gasteiger partial charge in [-0.3, -0.25) is 10.2 Å². The predicted octanol–water partition coefficient (Wildman–Crippen LogP) is -0.255. The number of hydrazine groups is 1. The molecule has 18 heavy (non-hydrogen) atoms. The molecule has 1 aromatic rings. The third-order valence-corrected chi connectivity index (χ3v) is 2.96. The Morgan fingerprint density at radius 3 is 3.00 bits per heavy atom.